The second kappa shape index (κ2) is 6.54. The van der Waals surface area contributed by atoms with Gasteiger partial charge in [0.05, 0.1) is 10.8 Å². The van der Waals surface area contributed by atoms with Crippen LogP contribution in [0.4, 0.5) is 5.69 Å². The molecular weight excluding hydrogens is 310 g/mol. The van der Waals surface area contributed by atoms with Gasteiger partial charge >= 0.3 is 5.97 Å². The lowest BCUT2D eigenvalue weighted by atomic mass is 9.99. The Kier molecular flexibility index (Phi) is 4.48. The Morgan fingerprint density at radius 3 is 2.52 bits per heavy atom. The fraction of sp³-hybridized carbons (Fsp3) is 0.333. The zero-order valence-electron chi connectivity index (χ0n) is 13.0. The molecule has 1 heterocycles. The largest absolute Gasteiger partial charge is 0.481 e. The highest BCUT2D eigenvalue weighted by atomic mass is 32.1. The molecule has 0 aliphatic heterocycles. The van der Waals surface area contributed by atoms with Crippen LogP contribution in [0.3, 0.4) is 0 Å². The molecule has 1 amide bonds. The summed E-state index contributed by atoms with van der Waals surface area (Å²) in [5, 5.41) is 11.9. The van der Waals surface area contributed by atoms with Gasteiger partial charge in [-0.3, -0.25) is 9.59 Å². The number of benzene rings is 1. The van der Waals surface area contributed by atoms with Crippen LogP contribution >= 0.6 is 11.3 Å². The first-order valence-electron chi connectivity index (χ1n) is 7.80. The molecule has 2 aromatic rings. The highest BCUT2D eigenvalue weighted by molar-refractivity contribution is 7.14. The minimum absolute atomic E-state index is 0.0940. The van der Waals surface area contributed by atoms with Crippen LogP contribution in [-0.2, 0) is 17.6 Å². The second-order valence-corrected chi connectivity index (χ2v) is 7.04. The number of amides is 1. The summed E-state index contributed by atoms with van der Waals surface area (Å²) >= 11 is 1.58. The van der Waals surface area contributed by atoms with Crippen molar-refractivity contribution >= 4 is 28.9 Å². The lowest BCUT2D eigenvalue weighted by molar-refractivity contribution is -0.138. The van der Waals surface area contributed by atoms with E-state index in [1.165, 1.54) is 23.3 Å². The number of nitrogens with one attached hydrogen (secondary N) is 1. The van der Waals surface area contributed by atoms with Gasteiger partial charge in [0.1, 0.15) is 0 Å². The van der Waals surface area contributed by atoms with Crippen molar-refractivity contribution in [1.82, 2.24) is 0 Å². The van der Waals surface area contributed by atoms with Crippen LogP contribution in [0.5, 0.6) is 0 Å². The van der Waals surface area contributed by atoms with Crippen LogP contribution in [0.2, 0.25) is 0 Å². The molecule has 3 rings (SSSR count). The summed E-state index contributed by atoms with van der Waals surface area (Å²) in [6.45, 7) is 1.64. The zero-order valence-corrected chi connectivity index (χ0v) is 13.8. The molecule has 1 aliphatic rings. The molecule has 1 atom stereocenters. The van der Waals surface area contributed by atoms with Gasteiger partial charge in [-0.15, -0.1) is 11.3 Å². The number of carboxylic acids is 1. The first-order valence-corrected chi connectivity index (χ1v) is 8.62. The average Bonchev–Trinajstić information content (AvgIpc) is 2.99. The number of aryl methyl sites for hydroxylation is 2. The van der Waals surface area contributed by atoms with Crippen LogP contribution in [0.1, 0.15) is 51.4 Å². The van der Waals surface area contributed by atoms with Crippen molar-refractivity contribution in [2.75, 3.05) is 5.32 Å². The van der Waals surface area contributed by atoms with Gasteiger partial charge in [0.2, 0.25) is 0 Å². The van der Waals surface area contributed by atoms with Crippen molar-refractivity contribution in [3.05, 3.63) is 51.2 Å². The van der Waals surface area contributed by atoms with Crippen LogP contribution in [-0.4, -0.2) is 17.0 Å². The number of carbonyl (C=O) groups excluding carboxylic acids is 1. The van der Waals surface area contributed by atoms with Gasteiger partial charge < -0.3 is 10.4 Å². The summed E-state index contributed by atoms with van der Waals surface area (Å²) in [7, 11) is 0. The third-order valence-corrected chi connectivity index (χ3v) is 5.50. The van der Waals surface area contributed by atoms with Crippen LogP contribution in [0.15, 0.2) is 30.3 Å². The van der Waals surface area contributed by atoms with E-state index in [1.807, 2.05) is 6.07 Å². The number of carboxylic acid groups (broad SMARTS) is 1. The number of aliphatic carboxylic acids is 1. The average molecular weight is 329 g/mol. The van der Waals surface area contributed by atoms with E-state index in [4.69, 9.17) is 5.11 Å². The monoisotopic (exact) mass is 329 g/mol. The van der Waals surface area contributed by atoms with E-state index in [2.05, 4.69) is 5.32 Å². The molecule has 4 nitrogen and oxygen atoms in total. The lowest BCUT2D eigenvalue weighted by Crippen LogP contribution is -2.11. The Labute approximate surface area is 139 Å². The molecule has 1 aliphatic carbocycles. The number of thiophene rings is 1. The predicted molar refractivity (Wildman–Crippen MR) is 91.4 cm³/mol. The molecule has 0 saturated heterocycles. The van der Waals surface area contributed by atoms with Crippen LogP contribution < -0.4 is 5.32 Å². The van der Waals surface area contributed by atoms with E-state index in [-0.39, 0.29) is 5.91 Å². The fourth-order valence-corrected chi connectivity index (χ4v) is 3.94. The van der Waals surface area contributed by atoms with E-state index < -0.39 is 11.9 Å². The van der Waals surface area contributed by atoms with Crippen LogP contribution in [0, 0.1) is 0 Å². The molecule has 0 bridgehead atoms. The Morgan fingerprint density at radius 2 is 1.87 bits per heavy atom. The maximum Gasteiger partial charge on any atom is 0.310 e. The molecule has 0 saturated carbocycles. The number of fused-ring (bicyclic) bond motifs is 1. The summed E-state index contributed by atoms with van der Waals surface area (Å²) in [4.78, 5) is 25.4. The normalized spacial score (nSPS) is 14.8. The van der Waals surface area contributed by atoms with E-state index in [9.17, 15) is 9.59 Å². The number of hydrogen-bond donors (Lipinski definition) is 2. The first kappa shape index (κ1) is 15.7. The lowest BCUT2D eigenvalue weighted by Gasteiger charge is -2.08. The molecule has 1 unspecified atom stereocenters. The Morgan fingerprint density at radius 1 is 1.17 bits per heavy atom. The van der Waals surface area contributed by atoms with Crippen molar-refractivity contribution in [2.45, 2.75) is 38.5 Å². The number of anilines is 1. The van der Waals surface area contributed by atoms with Gasteiger partial charge in [-0.1, -0.05) is 12.1 Å². The number of hydrogen-bond acceptors (Lipinski definition) is 3. The van der Waals surface area contributed by atoms with Crippen molar-refractivity contribution in [3.63, 3.8) is 0 Å². The zero-order chi connectivity index (χ0) is 16.4. The van der Waals surface area contributed by atoms with Gasteiger partial charge in [-0.2, -0.15) is 0 Å². The molecule has 0 radical (unpaired) electrons. The minimum atomic E-state index is -0.856. The summed E-state index contributed by atoms with van der Waals surface area (Å²) in [5.41, 5.74) is 2.72. The standard InChI is InChI=1S/C18H19NO3S/c1-11(18(21)22)12-6-8-14(9-7-12)19-17(20)16-10-13-4-2-3-5-15(13)23-16/h6-11H,2-5H2,1H3,(H,19,20)(H,21,22). The van der Waals surface area contributed by atoms with E-state index >= 15 is 0 Å². The van der Waals surface area contributed by atoms with E-state index in [1.54, 1.807) is 42.5 Å². The molecule has 120 valence electrons. The fourth-order valence-electron chi connectivity index (χ4n) is 2.79. The number of carbonyl (C=O) groups is 2. The third-order valence-electron chi connectivity index (χ3n) is 4.26. The molecule has 1 aromatic heterocycles. The second-order valence-electron chi connectivity index (χ2n) is 5.90. The smallest absolute Gasteiger partial charge is 0.310 e. The third kappa shape index (κ3) is 3.45. The van der Waals surface area contributed by atoms with Gasteiger partial charge in [-0.25, -0.2) is 0 Å². The van der Waals surface area contributed by atoms with Gasteiger partial charge in [-0.05, 0) is 61.9 Å². The first-order chi connectivity index (χ1) is 11.0. The van der Waals surface area contributed by atoms with Crippen molar-refractivity contribution in [1.29, 1.82) is 0 Å². The molecule has 0 spiro atoms. The molecule has 5 heteroatoms. The van der Waals surface area contributed by atoms with Gasteiger partial charge in [0.15, 0.2) is 0 Å². The van der Waals surface area contributed by atoms with Crippen molar-refractivity contribution < 1.29 is 14.7 Å². The molecule has 1 aromatic carbocycles. The maximum absolute atomic E-state index is 12.4. The molecular formula is C18H19NO3S. The summed E-state index contributed by atoms with van der Waals surface area (Å²) in [6.07, 6.45) is 4.56. The van der Waals surface area contributed by atoms with Gasteiger partial charge in [0.25, 0.3) is 5.91 Å². The quantitative estimate of drug-likeness (QED) is 0.888. The highest BCUT2D eigenvalue weighted by Gasteiger charge is 2.18. The summed E-state index contributed by atoms with van der Waals surface area (Å²) in [6, 6.07) is 9.00. The minimum Gasteiger partial charge on any atom is -0.481 e. The summed E-state index contributed by atoms with van der Waals surface area (Å²) in [5.74, 6) is -1.50. The van der Waals surface area contributed by atoms with E-state index in [0.717, 1.165) is 23.3 Å². The number of rotatable bonds is 4. The van der Waals surface area contributed by atoms with E-state index in [0.29, 0.717) is 5.69 Å². The Bertz CT molecular complexity index is 710. The SMILES string of the molecule is CC(C(=O)O)c1ccc(NC(=O)c2cc3c(s2)CCCC3)cc1. The van der Waals surface area contributed by atoms with Crippen molar-refractivity contribution in [2.24, 2.45) is 0 Å². The molecule has 2 N–H and O–H groups in total. The Hall–Kier alpha value is -2.14. The van der Waals surface area contributed by atoms with Crippen LogP contribution in [0.25, 0.3) is 0 Å². The Balaban J connectivity index is 1.70. The van der Waals surface area contributed by atoms with Gasteiger partial charge in [0, 0.05) is 10.6 Å². The molecule has 0 fully saturated rings. The topological polar surface area (TPSA) is 66.4 Å². The summed E-state index contributed by atoms with van der Waals surface area (Å²) < 4.78 is 0. The maximum atomic E-state index is 12.4. The predicted octanol–water partition coefficient (Wildman–Crippen LogP) is 4.07. The highest BCUT2D eigenvalue weighted by Crippen LogP contribution is 2.30. The van der Waals surface area contributed by atoms with Crippen molar-refractivity contribution in [3.8, 4) is 0 Å². The molecule has 23 heavy (non-hydrogen) atoms.